The molecule has 4 heteroatoms. The first kappa shape index (κ1) is 13.0. The minimum atomic E-state index is -0.242. The molecule has 0 radical (unpaired) electrons. The number of aliphatic hydroxyl groups is 1. The Hall–Kier alpha value is -0.450. The zero-order valence-corrected chi connectivity index (χ0v) is 11.5. The summed E-state index contributed by atoms with van der Waals surface area (Å²) in [5, 5.41) is 16.6. The van der Waals surface area contributed by atoms with Crippen LogP contribution in [0.15, 0.2) is 5.38 Å². The van der Waals surface area contributed by atoms with E-state index in [1.807, 2.05) is 13.8 Å². The molecule has 2 N–H and O–H groups in total. The molecule has 1 heterocycles. The van der Waals surface area contributed by atoms with Crippen LogP contribution >= 0.6 is 11.3 Å². The van der Waals surface area contributed by atoms with Crippen LogP contribution < -0.4 is 5.32 Å². The number of aliphatic hydroxyl groups excluding tert-OH is 1. The average Bonchev–Trinajstić information content (AvgIpc) is 2.95. The molecule has 0 bridgehead atoms. The van der Waals surface area contributed by atoms with Gasteiger partial charge < -0.3 is 10.4 Å². The van der Waals surface area contributed by atoms with Crippen molar-refractivity contribution in [3.05, 3.63) is 16.1 Å². The van der Waals surface area contributed by atoms with Gasteiger partial charge in [-0.1, -0.05) is 19.8 Å². The Morgan fingerprint density at radius 1 is 1.53 bits per heavy atom. The summed E-state index contributed by atoms with van der Waals surface area (Å²) in [6.45, 7) is 4.74. The van der Waals surface area contributed by atoms with E-state index in [1.165, 1.54) is 17.8 Å². The van der Waals surface area contributed by atoms with Crippen molar-refractivity contribution in [1.29, 1.82) is 0 Å². The molecule has 1 aliphatic carbocycles. The average molecular weight is 254 g/mol. The van der Waals surface area contributed by atoms with Crippen LogP contribution in [0.1, 0.15) is 49.7 Å². The number of thiazole rings is 1. The van der Waals surface area contributed by atoms with Crippen molar-refractivity contribution in [2.75, 3.05) is 6.54 Å². The first-order chi connectivity index (χ1) is 8.16. The van der Waals surface area contributed by atoms with Gasteiger partial charge in [0.15, 0.2) is 0 Å². The molecule has 1 atom stereocenters. The Kier molecular flexibility index (Phi) is 4.17. The van der Waals surface area contributed by atoms with E-state index < -0.39 is 0 Å². The SMILES string of the molecule is CC[C@@H](O)CNC1(c2nc(C)cs2)CCCC1. The summed E-state index contributed by atoms with van der Waals surface area (Å²) in [6.07, 6.45) is 5.38. The number of nitrogens with one attached hydrogen (secondary N) is 1. The van der Waals surface area contributed by atoms with E-state index in [0.717, 1.165) is 25.0 Å². The summed E-state index contributed by atoms with van der Waals surface area (Å²) < 4.78 is 0. The Morgan fingerprint density at radius 3 is 2.76 bits per heavy atom. The molecule has 0 aromatic carbocycles. The normalized spacial score (nSPS) is 20.6. The third kappa shape index (κ3) is 2.87. The fourth-order valence-electron chi connectivity index (χ4n) is 2.48. The van der Waals surface area contributed by atoms with Crippen LogP contribution in [0, 0.1) is 6.92 Å². The fraction of sp³-hybridized carbons (Fsp3) is 0.769. The van der Waals surface area contributed by atoms with Crippen LogP contribution in [-0.2, 0) is 5.54 Å². The van der Waals surface area contributed by atoms with E-state index >= 15 is 0 Å². The van der Waals surface area contributed by atoms with Gasteiger partial charge in [0.1, 0.15) is 5.01 Å². The highest BCUT2D eigenvalue weighted by atomic mass is 32.1. The topological polar surface area (TPSA) is 45.1 Å². The van der Waals surface area contributed by atoms with Crippen molar-refractivity contribution < 1.29 is 5.11 Å². The Labute approximate surface area is 107 Å². The summed E-state index contributed by atoms with van der Waals surface area (Å²) in [6, 6.07) is 0. The van der Waals surface area contributed by atoms with Gasteiger partial charge in [-0.2, -0.15) is 0 Å². The zero-order chi connectivity index (χ0) is 12.3. The second-order valence-corrected chi connectivity index (χ2v) is 5.88. The van der Waals surface area contributed by atoms with Crippen molar-refractivity contribution in [2.45, 2.75) is 57.6 Å². The van der Waals surface area contributed by atoms with Crippen molar-refractivity contribution >= 4 is 11.3 Å². The molecule has 1 aromatic rings. The molecule has 1 fully saturated rings. The fourth-order valence-corrected chi connectivity index (χ4v) is 3.51. The predicted molar refractivity (Wildman–Crippen MR) is 71.3 cm³/mol. The monoisotopic (exact) mass is 254 g/mol. The quantitative estimate of drug-likeness (QED) is 0.849. The van der Waals surface area contributed by atoms with Gasteiger partial charge in [-0.15, -0.1) is 11.3 Å². The summed E-state index contributed by atoms with van der Waals surface area (Å²) in [4.78, 5) is 4.64. The predicted octanol–water partition coefficient (Wildman–Crippen LogP) is 2.58. The molecule has 0 unspecified atom stereocenters. The number of aromatic nitrogens is 1. The molecule has 1 aromatic heterocycles. The Balaban J connectivity index is 2.10. The number of aryl methyl sites for hydroxylation is 1. The molecule has 0 saturated heterocycles. The molecular weight excluding hydrogens is 232 g/mol. The van der Waals surface area contributed by atoms with Crippen molar-refractivity contribution in [3.63, 3.8) is 0 Å². The lowest BCUT2D eigenvalue weighted by Gasteiger charge is -2.29. The number of rotatable bonds is 5. The van der Waals surface area contributed by atoms with E-state index in [0.29, 0.717) is 6.54 Å². The van der Waals surface area contributed by atoms with Gasteiger partial charge in [0.2, 0.25) is 0 Å². The molecule has 0 amide bonds. The van der Waals surface area contributed by atoms with E-state index in [4.69, 9.17) is 0 Å². The lowest BCUT2D eigenvalue weighted by atomic mass is 9.98. The molecule has 17 heavy (non-hydrogen) atoms. The lowest BCUT2D eigenvalue weighted by molar-refractivity contribution is 0.149. The van der Waals surface area contributed by atoms with Crippen LogP contribution in [0.5, 0.6) is 0 Å². The molecule has 0 spiro atoms. The molecule has 96 valence electrons. The van der Waals surface area contributed by atoms with E-state index in [-0.39, 0.29) is 11.6 Å². The maximum atomic E-state index is 9.71. The number of nitrogens with zero attached hydrogens (tertiary/aromatic N) is 1. The zero-order valence-electron chi connectivity index (χ0n) is 10.7. The molecule has 3 nitrogen and oxygen atoms in total. The standard InChI is InChI=1S/C13H22N2OS/c1-3-11(16)8-14-13(6-4-5-7-13)12-15-10(2)9-17-12/h9,11,14,16H,3-8H2,1-2H3/t11-/m1/s1. The Morgan fingerprint density at radius 2 is 2.24 bits per heavy atom. The number of hydrogen-bond acceptors (Lipinski definition) is 4. The maximum absolute atomic E-state index is 9.71. The second-order valence-electron chi connectivity index (χ2n) is 5.03. The highest BCUT2D eigenvalue weighted by Gasteiger charge is 2.37. The summed E-state index contributed by atoms with van der Waals surface area (Å²) in [5.74, 6) is 0. The van der Waals surface area contributed by atoms with Crippen LogP contribution in [0.2, 0.25) is 0 Å². The second kappa shape index (κ2) is 5.46. The van der Waals surface area contributed by atoms with Gasteiger partial charge in [0.25, 0.3) is 0 Å². The molecule has 1 saturated carbocycles. The first-order valence-corrected chi connectivity index (χ1v) is 7.40. The van der Waals surface area contributed by atoms with Crippen molar-refractivity contribution in [2.24, 2.45) is 0 Å². The highest BCUT2D eigenvalue weighted by Crippen LogP contribution is 2.40. The van der Waals surface area contributed by atoms with Gasteiger partial charge in [0, 0.05) is 17.6 Å². The van der Waals surface area contributed by atoms with Gasteiger partial charge >= 0.3 is 0 Å². The lowest BCUT2D eigenvalue weighted by Crippen LogP contribution is -2.43. The van der Waals surface area contributed by atoms with Crippen LogP contribution in [0.3, 0.4) is 0 Å². The highest BCUT2D eigenvalue weighted by molar-refractivity contribution is 7.09. The minimum Gasteiger partial charge on any atom is -0.392 e. The maximum Gasteiger partial charge on any atom is 0.113 e. The van der Waals surface area contributed by atoms with Crippen molar-refractivity contribution in [1.82, 2.24) is 10.3 Å². The molecule has 0 aliphatic heterocycles. The van der Waals surface area contributed by atoms with E-state index in [2.05, 4.69) is 15.7 Å². The summed E-state index contributed by atoms with van der Waals surface area (Å²) >= 11 is 1.75. The van der Waals surface area contributed by atoms with Crippen LogP contribution in [0.4, 0.5) is 0 Å². The third-order valence-electron chi connectivity index (χ3n) is 3.63. The van der Waals surface area contributed by atoms with Crippen LogP contribution in [0.25, 0.3) is 0 Å². The van der Waals surface area contributed by atoms with Gasteiger partial charge in [0.05, 0.1) is 11.6 Å². The van der Waals surface area contributed by atoms with Gasteiger partial charge in [-0.3, -0.25) is 0 Å². The van der Waals surface area contributed by atoms with E-state index in [9.17, 15) is 5.11 Å². The van der Waals surface area contributed by atoms with E-state index in [1.54, 1.807) is 11.3 Å². The van der Waals surface area contributed by atoms with Gasteiger partial charge in [-0.05, 0) is 26.2 Å². The smallest absolute Gasteiger partial charge is 0.113 e. The largest absolute Gasteiger partial charge is 0.392 e. The Bertz CT molecular complexity index is 358. The first-order valence-electron chi connectivity index (χ1n) is 6.52. The number of hydrogen-bond donors (Lipinski definition) is 2. The molecule has 2 rings (SSSR count). The molecular formula is C13H22N2OS. The van der Waals surface area contributed by atoms with Crippen molar-refractivity contribution in [3.8, 4) is 0 Å². The third-order valence-corrected chi connectivity index (χ3v) is 4.80. The summed E-state index contributed by atoms with van der Waals surface area (Å²) in [5.41, 5.74) is 1.14. The van der Waals surface area contributed by atoms with Crippen LogP contribution in [-0.4, -0.2) is 22.7 Å². The summed E-state index contributed by atoms with van der Waals surface area (Å²) in [7, 11) is 0. The minimum absolute atomic E-state index is 0.0368. The molecule has 1 aliphatic rings. The van der Waals surface area contributed by atoms with Gasteiger partial charge in [-0.25, -0.2) is 4.98 Å².